The SMILES string of the molecule is CC(=O)O.CC(=O)O.CC(=O)O.CC(=O)O.NCCN.[Fe].[NaH]. The van der Waals surface area contributed by atoms with Crippen molar-refractivity contribution in [3.8, 4) is 0 Å². The molecule has 0 heterocycles. The van der Waals surface area contributed by atoms with Crippen molar-refractivity contribution in [2.24, 2.45) is 11.5 Å². The first-order chi connectivity index (χ1) is 8.84. The number of hydrogen-bond donors (Lipinski definition) is 6. The number of rotatable bonds is 1. The Kier molecular flexibility index (Phi) is 83.4. The molecule has 0 saturated carbocycles. The zero-order valence-corrected chi connectivity index (χ0v) is 13.4. The van der Waals surface area contributed by atoms with Crippen LogP contribution in [0.4, 0.5) is 0 Å². The van der Waals surface area contributed by atoms with E-state index >= 15 is 0 Å². The topological polar surface area (TPSA) is 201 Å². The summed E-state index contributed by atoms with van der Waals surface area (Å²) < 4.78 is 0. The van der Waals surface area contributed by atoms with Gasteiger partial charge in [0.1, 0.15) is 0 Å². The number of hydrogen-bond acceptors (Lipinski definition) is 6. The van der Waals surface area contributed by atoms with Gasteiger partial charge in [0.15, 0.2) is 0 Å². The average Bonchev–Trinajstić information content (AvgIpc) is 2.13. The van der Waals surface area contributed by atoms with E-state index in [9.17, 15) is 0 Å². The van der Waals surface area contributed by atoms with Gasteiger partial charge in [-0.25, -0.2) is 0 Å². The predicted octanol–water partition coefficient (Wildman–Crippen LogP) is -1.38. The van der Waals surface area contributed by atoms with Crippen molar-refractivity contribution in [1.82, 2.24) is 0 Å². The van der Waals surface area contributed by atoms with Crippen molar-refractivity contribution >= 4 is 53.4 Å². The quantitative estimate of drug-likeness (QED) is 0.294. The molecular weight excluding hydrogens is 355 g/mol. The fraction of sp³-hybridized carbons (Fsp3) is 0.600. The van der Waals surface area contributed by atoms with Gasteiger partial charge >= 0.3 is 29.6 Å². The van der Waals surface area contributed by atoms with Gasteiger partial charge in [0.2, 0.25) is 0 Å². The summed E-state index contributed by atoms with van der Waals surface area (Å²) in [6.45, 7) is 5.53. The van der Waals surface area contributed by atoms with Gasteiger partial charge in [0.05, 0.1) is 0 Å². The Morgan fingerprint density at radius 1 is 0.636 bits per heavy atom. The zero-order valence-electron chi connectivity index (χ0n) is 12.3. The van der Waals surface area contributed by atoms with E-state index in [-0.39, 0.29) is 46.6 Å². The average molecular weight is 380 g/mol. The number of nitrogens with two attached hydrogens (primary N) is 2. The molecule has 0 aliphatic carbocycles. The minimum absolute atomic E-state index is 0. The monoisotopic (exact) mass is 380 g/mol. The summed E-state index contributed by atoms with van der Waals surface area (Å²) in [6, 6.07) is 0. The molecule has 0 aromatic carbocycles. The Hall–Kier alpha value is -0.681. The third kappa shape index (κ3) is 63500. The van der Waals surface area contributed by atoms with Crippen molar-refractivity contribution in [1.29, 1.82) is 0 Å². The summed E-state index contributed by atoms with van der Waals surface area (Å²) in [5.41, 5.74) is 9.81. The maximum atomic E-state index is 9.00. The van der Waals surface area contributed by atoms with E-state index in [2.05, 4.69) is 0 Å². The molecule has 0 atom stereocenters. The first kappa shape index (κ1) is 42.9. The van der Waals surface area contributed by atoms with Gasteiger partial charge in [-0.05, 0) is 0 Å². The number of carbonyl (C=O) groups is 4. The molecule has 0 amide bonds. The molecule has 0 aromatic heterocycles. The maximum absolute atomic E-state index is 9.00. The van der Waals surface area contributed by atoms with E-state index in [4.69, 9.17) is 51.1 Å². The van der Waals surface area contributed by atoms with Crippen molar-refractivity contribution in [3.05, 3.63) is 0 Å². The van der Waals surface area contributed by atoms with Gasteiger partial charge in [-0.1, -0.05) is 0 Å². The molecule has 0 aliphatic rings. The van der Waals surface area contributed by atoms with Gasteiger partial charge in [0, 0.05) is 57.9 Å². The Balaban J connectivity index is -0.0000000250. The number of aliphatic carboxylic acids is 4. The summed E-state index contributed by atoms with van der Waals surface area (Å²) in [7, 11) is 0. The van der Waals surface area contributed by atoms with Crippen LogP contribution in [0.2, 0.25) is 0 Å². The number of carboxylic acids is 4. The first-order valence-corrected chi connectivity index (χ1v) is 5.03. The fourth-order valence-electron chi connectivity index (χ4n) is 0. The molecule has 0 aromatic rings. The van der Waals surface area contributed by atoms with Crippen LogP contribution in [0.25, 0.3) is 0 Å². The molecule has 12 heteroatoms. The molecule has 8 N–H and O–H groups in total. The second kappa shape index (κ2) is 42.7. The minimum atomic E-state index is -0.833. The van der Waals surface area contributed by atoms with Gasteiger partial charge < -0.3 is 31.9 Å². The summed E-state index contributed by atoms with van der Waals surface area (Å²) in [5, 5.41) is 29.7. The molecule has 0 saturated heterocycles. The molecule has 22 heavy (non-hydrogen) atoms. The van der Waals surface area contributed by atoms with Crippen LogP contribution < -0.4 is 11.5 Å². The normalized spacial score (nSPS) is 5.91. The van der Waals surface area contributed by atoms with E-state index in [0.29, 0.717) is 13.1 Å². The number of carboxylic acid groups (broad SMARTS) is 4. The summed E-state index contributed by atoms with van der Waals surface area (Å²) in [4.78, 5) is 36.0. The van der Waals surface area contributed by atoms with Crippen molar-refractivity contribution in [3.63, 3.8) is 0 Å². The summed E-state index contributed by atoms with van der Waals surface area (Å²) in [6.07, 6.45) is 0. The Morgan fingerprint density at radius 2 is 0.682 bits per heavy atom. The molecule has 0 aliphatic heterocycles. The van der Waals surface area contributed by atoms with Crippen molar-refractivity contribution < 1.29 is 56.7 Å². The molecule has 0 rings (SSSR count). The Bertz CT molecular complexity index is 201. The molecule has 0 bridgehead atoms. The molecule has 0 spiro atoms. The van der Waals surface area contributed by atoms with Gasteiger partial charge in [-0.15, -0.1) is 0 Å². The van der Waals surface area contributed by atoms with Gasteiger partial charge in [0.25, 0.3) is 23.9 Å². The van der Waals surface area contributed by atoms with Crippen LogP contribution in [-0.4, -0.2) is 87.0 Å². The van der Waals surface area contributed by atoms with Gasteiger partial charge in [-0.3, -0.25) is 19.2 Å². The molecule has 0 unspecified atom stereocenters. The molecule has 132 valence electrons. The van der Waals surface area contributed by atoms with Crippen molar-refractivity contribution in [2.45, 2.75) is 27.7 Å². The third-order valence-electron chi connectivity index (χ3n) is 0.167. The van der Waals surface area contributed by atoms with Crippen molar-refractivity contribution in [2.75, 3.05) is 13.1 Å². The van der Waals surface area contributed by atoms with Crippen LogP contribution in [0.1, 0.15) is 27.7 Å². The van der Waals surface area contributed by atoms with E-state index in [1.807, 2.05) is 0 Å². The summed E-state index contributed by atoms with van der Waals surface area (Å²) in [5.74, 6) is -3.33. The fourth-order valence-corrected chi connectivity index (χ4v) is 0. The molecular formula is C10H25FeN2NaO8. The van der Waals surface area contributed by atoms with E-state index < -0.39 is 23.9 Å². The van der Waals surface area contributed by atoms with E-state index in [1.165, 1.54) is 0 Å². The third-order valence-corrected chi connectivity index (χ3v) is 0.167. The Labute approximate surface area is 162 Å². The zero-order chi connectivity index (χ0) is 17.7. The van der Waals surface area contributed by atoms with E-state index in [1.54, 1.807) is 0 Å². The molecule has 0 radical (unpaired) electrons. The van der Waals surface area contributed by atoms with Crippen LogP contribution in [0.3, 0.4) is 0 Å². The first-order valence-electron chi connectivity index (χ1n) is 5.03. The standard InChI is InChI=1S/C2H8N2.4C2H4O2.Fe.Na.H/c3-1-2-4;4*1-2(3)4;;;/h1-4H2;4*1H3,(H,3,4);;;. The van der Waals surface area contributed by atoms with Crippen LogP contribution in [0.15, 0.2) is 0 Å². The van der Waals surface area contributed by atoms with E-state index in [0.717, 1.165) is 27.7 Å². The van der Waals surface area contributed by atoms with Crippen LogP contribution in [0.5, 0.6) is 0 Å². The molecule has 0 fully saturated rings. The molecule has 10 nitrogen and oxygen atoms in total. The Morgan fingerprint density at radius 3 is 0.682 bits per heavy atom. The van der Waals surface area contributed by atoms with Crippen LogP contribution in [-0.2, 0) is 36.2 Å². The second-order valence-electron chi connectivity index (χ2n) is 2.65. The second-order valence-corrected chi connectivity index (χ2v) is 2.65. The van der Waals surface area contributed by atoms with Gasteiger partial charge in [-0.2, -0.15) is 0 Å². The predicted molar refractivity (Wildman–Crippen MR) is 78.5 cm³/mol. The summed E-state index contributed by atoms with van der Waals surface area (Å²) >= 11 is 0. The van der Waals surface area contributed by atoms with Crippen LogP contribution >= 0.6 is 0 Å². The van der Waals surface area contributed by atoms with Crippen LogP contribution in [0, 0.1) is 0 Å².